The Balaban J connectivity index is 1.48. The van der Waals surface area contributed by atoms with Crippen LogP contribution >= 0.6 is 23.2 Å². The van der Waals surface area contributed by atoms with Gasteiger partial charge in [-0.3, -0.25) is 0 Å². The number of aromatic nitrogens is 3. The van der Waals surface area contributed by atoms with Crippen molar-refractivity contribution < 1.29 is 23.7 Å². The van der Waals surface area contributed by atoms with Gasteiger partial charge >= 0.3 is 0 Å². The Morgan fingerprint density at radius 3 is 2.55 bits per heavy atom. The molecule has 1 unspecified atom stereocenters. The maximum Gasteiger partial charge on any atom is 0.192 e. The number of rotatable bonds is 6. The Hall–Kier alpha value is -1.56. The van der Waals surface area contributed by atoms with Gasteiger partial charge in [0.25, 0.3) is 0 Å². The number of ether oxygens (including phenoxy) is 3. The fourth-order valence-corrected chi connectivity index (χ4v) is 6.21. The molecule has 5 rings (SSSR count). The summed E-state index contributed by atoms with van der Waals surface area (Å²) in [6.07, 6.45) is -0.0633. The molecule has 0 saturated carbocycles. The van der Waals surface area contributed by atoms with Crippen LogP contribution in [0.4, 0.5) is 0 Å². The van der Waals surface area contributed by atoms with E-state index in [1.54, 1.807) is 6.07 Å². The highest BCUT2D eigenvalue weighted by Gasteiger charge is 2.58. The van der Waals surface area contributed by atoms with Crippen LogP contribution in [0.2, 0.25) is 28.3 Å². The summed E-state index contributed by atoms with van der Waals surface area (Å²) in [6, 6.07) is 7.30. The largest absolute Gasteiger partial charge is 0.413 e. The summed E-state index contributed by atoms with van der Waals surface area (Å²) in [7, 11) is -2.04. The van der Waals surface area contributed by atoms with E-state index in [-0.39, 0.29) is 5.04 Å². The molecule has 38 heavy (non-hydrogen) atoms. The summed E-state index contributed by atoms with van der Waals surface area (Å²) < 4.78 is 27.4. The molecule has 2 fully saturated rings. The van der Waals surface area contributed by atoms with Gasteiger partial charge in [0, 0.05) is 11.2 Å². The van der Waals surface area contributed by atoms with Crippen LogP contribution < -0.4 is 0 Å². The number of halogens is 2. The monoisotopic (exact) mass is 579 g/mol. The third-order valence-electron chi connectivity index (χ3n) is 7.93. The molecule has 2 aliphatic rings. The van der Waals surface area contributed by atoms with Crippen molar-refractivity contribution in [1.82, 2.24) is 14.5 Å². The second kappa shape index (κ2) is 9.81. The van der Waals surface area contributed by atoms with Crippen LogP contribution in [0, 0.1) is 0 Å². The summed E-state index contributed by atoms with van der Waals surface area (Å²) in [4.78, 5) is 8.49. The number of aliphatic hydroxyl groups excluding tert-OH is 1. The van der Waals surface area contributed by atoms with Crippen molar-refractivity contribution in [2.75, 3.05) is 0 Å². The van der Waals surface area contributed by atoms with E-state index < -0.39 is 44.7 Å². The van der Waals surface area contributed by atoms with Crippen molar-refractivity contribution >= 4 is 42.6 Å². The summed E-state index contributed by atoms with van der Waals surface area (Å²) in [5.41, 5.74) is 2.13. The third kappa shape index (κ3) is 5.04. The molecule has 11 heteroatoms. The first-order chi connectivity index (χ1) is 17.7. The topological polar surface area (TPSA) is 87.9 Å². The summed E-state index contributed by atoms with van der Waals surface area (Å²) in [5.74, 6) is -0.848. The summed E-state index contributed by atoms with van der Waals surface area (Å²) in [6.45, 7) is 15.1. The van der Waals surface area contributed by atoms with E-state index in [0.29, 0.717) is 33.4 Å². The van der Waals surface area contributed by atoms with Gasteiger partial charge in [-0.25, -0.2) is 9.97 Å². The van der Waals surface area contributed by atoms with Crippen LogP contribution in [-0.2, 0) is 25.2 Å². The van der Waals surface area contributed by atoms with E-state index in [1.807, 2.05) is 42.8 Å². The van der Waals surface area contributed by atoms with Gasteiger partial charge in [-0.15, -0.1) is 0 Å². The van der Waals surface area contributed by atoms with Gasteiger partial charge in [-0.05, 0) is 61.3 Å². The minimum Gasteiger partial charge on any atom is -0.413 e. The van der Waals surface area contributed by atoms with Crippen molar-refractivity contribution in [2.24, 2.45) is 0 Å². The van der Waals surface area contributed by atoms with Crippen LogP contribution in [0.3, 0.4) is 0 Å². The van der Waals surface area contributed by atoms with Crippen LogP contribution in [0.15, 0.2) is 36.8 Å². The molecule has 206 valence electrons. The molecule has 8 nitrogen and oxygen atoms in total. The quantitative estimate of drug-likeness (QED) is 0.266. The molecule has 2 saturated heterocycles. The number of nitrogens with zero attached hydrogens (tertiary/aromatic N) is 3. The van der Waals surface area contributed by atoms with Gasteiger partial charge in [0.15, 0.2) is 20.3 Å². The van der Waals surface area contributed by atoms with Gasteiger partial charge in [-0.2, -0.15) is 0 Å². The van der Waals surface area contributed by atoms with E-state index in [1.165, 1.54) is 6.33 Å². The zero-order valence-electron chi connectivity index (χ0n) is 22.7. The standard InChI is InChI=1S/C27H35Cl2N3O5Si/c1-26(2,3)38(6,7)34-13-15-12-16(28)8-9-17(15)19(33)20-21-22(37-27(4,5)36-21)25(35-20)32-11-10-18-23(29)30-14-31-24(18)32/h8-12,14,19-22,25,33H,13H2,1-7H3/t19-,20-,21-,22-,25?/m1/s1. The van der Waals surface area contributed by atoms with E-state index in [2.05, 4.69) is 43.8 Å². The maximum atomic E-state index is 11.8. The predicted molar refractivity (Wildman–Crippen MR) is 149 cm³/mol. The van der Waals surface area contributed by atoms with Crippen LogP contribution in [0.1, 0.15) is 58.1 Å². The lowest BCUT2D eigenvalue weighted by Crippen LogP contribution is -2.40. The normalized spacial score (nSPS) is 26.2. The average molecular weight is 581 g/mol. The lowest BCUT2D eigenvalue weighted by molar-refractivity contribution is -0.207. The SMILES string of the molecule is CC1(C)O[C@@H]2[C@@H]([C@H](O)c3ccc(Cl)cc3CO[Si](C)(C)C(C)(C)C)OC(n3ccc4c(Cl)ncnc43)[C@@H]2O1. The zero-order chi connectivity index (χ0) is 27.6. The minimum absolute atomic E-state index is 0.0476. The highest BCUT2D eigenvalue weighted by molar-refractivity contribution is 6.74. The van der Waals surface area contributed by atoms with Crippen LogP contribution in [-0.4, -0.2) is 52.1 Å². The molecular formula is C27H35Cl2N3O5Si. The molecule has 2 aliphatic heterocycles. The van der Waals surface area contributed by atoms with Crippen LogP contribution in [0.5, 0.6) is 0 Å². The molecule has 0 radical (unpaired) electrons. The molecule has 4 heterocycles. The number of aliphatic hydroxyl groups is 1. The first-order valence-electron chi connectivity index (χ1n) is 12.8. The second-order valence-corrected chi connectivity index (χ2v) is 17.6. The molecule has 0 aliphatic carbocycles. The fourth-order valence-electron chi connectivity index (χ4n) is 4.87. The molecule has 5 atom stereocenters. The van der Waals surface area contributed by atoms with E-state index in [4.69, 9.17) is 41.8 Å². The molecule has 0 spiro atoms. The Labute approximate surface area is 234 Å². The molecule has 3 aromatic rings. The first kappa shape index (κ1) is 28.0. The smallest absolute Gasteiger partial charge is 0.192 e. The molecule has 1 aromatic carbocycles. The van der Waals surface area contributed by atoms with Crippen molar-refractivity contribution in [3.05, 3.63) is 58.1 Å². The number of hydrogen-bond acceptors (Lipinski definition) is 7. The fraction of sp³-hybridized carbons (Fsp3) is 0.556. The molecular weight excluding hydrogens is 545 g/mol. The minimum atomic E-state index is -2.04. The van der Waals surface area contributed by atoms with Crippen molar-refractivity contribution in [3.63, 3.8) is 0 Å². The van der Waals surface area contributed by atoms with Gasteiger partial charge in [-0.1, -0.05) is 50.0 Å². The Morgan fingerprint density at radius 2 is 1.84 bits per heavy atom. The Bertz CT molecular complexity index is 1340. The predicted octanol–water partition coefficient (Wildman–Crippen LogP) is 6.41. The van der Waals surface area contributed by atoms with Gasteiger partial charge in [0.05, 0.1) is 12.0 Å². The van der Waals surface area contributed by atoms with Crippen LogP contribution in [0.25, 0.3) is 11.0 Å². The number of fused-ring (bicyclic) bond motifs is 2. The van der Waals surface area contributed by atoms with Crippen molar-refractivity contribution in [1.29, 1.82) is 0 Å². The zero-order valence-corrected chi connectivity index (χ0v) is 25.2. The molecule has 2 aromatic heterocycles. The number of hydrogen-bond donors (Lipinski definition) is 1. The lowest BCUT2D eigenvalue weighted by atomic mass is 9.95. The van der Waals surface area contributed by atoms with Gasteiger partial charge < -0.3 is 28.3 Å². The van der Waals surface area contributed by atoms with E-state index in [9.17, 15) is 5.11 Å². The third-order valence-corrected chi connectivity index (χ3v) is 12.9. The highest BCUT2D eigenvalue weighted by Crippen LogP contribution is 2.48. The maximum absolute atomic E-state index is 11.8. The van der Waals surface area contributed by atoms with Crippen molar-refractivity contribution in [2.45, 2.75) is 95.8 Å². The van der Waals surface area contributed by atoms with Gasteiger partial charge in [0.1, 0.15) is 41.5 Å². The van der Waals surface area contributed by atoms with E-state index in [0.717, 1.165) is 5.56 Å². The lowest BCUT2D eigenvalue weighted by Gasteiger charge is -2.36. The highest BCUT2D eigenvalue weighted by atomic mass is 35.5. The van der Waals surface area contributed by atoms with E-state index >= 15 is 0 Å². The van der Waals surface area contributed by atoms with Gasteiger partial charge in [0.2, 0.25) is 0 Å². The molecule has 0 bridgehead atoms. The average Bonchev–Trinajstić information content (AvgIpc) is 3.48. The Morgan fingerprint density at radius 1 is 1.13 bits per heavy atom. The summed E-state index contributed by atoms with van der Waals surface area (Å²) >= 11 is 12.7. The molecule has 1 N–H and O–H groups in total. The Kier molecular flexibility index (Phi) is 7.23. The van der Waals surface area contributed by atoms with Crippen molar-refractivity contribution in [3.8, 4) is 0 Å². The molecule has 0 amide bonds. The second-order valence-electron chi connectivity index (χ2n) is 12.0. The first-order valence-corrected chi connectivity index (χ1v) is 16.4. The number of benzene rings is 1. The summed E-state index contributed by atoms with van der Waals surface area (Å²) in [5, 5.41) is 13.5.